The van der Waals surface area contributed by atoms with Gasteiger partial charge in [-0.3, -0.25) is 4.79 Å². The Bertz CT molecular complexity index is 831. The number of aromatic nitrogens is 1. The number of thioether (sulfide) groups is 1. The zero-order valence-corrected chi connectivity index (χ0v) is 14.0. The number of carbonyl (C=O) groups is 1. The molecule has 5 nitrogen and oxygen atoms in total. The van der Waals surface area contributed by atoms with E-state index in [0.29, 0.717) is 16.6 Å². The van der Waals surface area contributed by atoms with Gasteiger partial charge >= 0.3 is 0 Å². The summed E-state index contributed by atoms with van der Waals surface area (Å²) < 4.78 is 6.17. The van der Waals surface area contributed by atoms with Crippen LogP contribution in [0.3, 0.4) is 0 Å². The third kappa shape index (κ3) is 3.94. The van der Waals surface area contributed by atoms with Crippen LogP contribution >= 0.6 is 23.1 Å². The molecule has 23 heavy (non-hydrogen) atoms. The molecule has 0 saturated carbocycles. The number of methoxy groups -OCH3 is 1. The molecule has 0 bridgehead atoms. The molecule has 0 aliphatic heterocycles. The number of thiazole rings is 1. The van der Waals surface area contributed by atoms with Crippen molar-refractivity contribution in [2.45, 2.75) is 4.90 Å². The van der Waals surface area contributed by atoms with E-state index in [1.165, 1.54) is 23.1 Å². The number of hydrogen-bond acceptors (Lipinski definition) is 6. The highest BCUT2D eigenvalue weighted by atomic mass is 32.2. The number of hydrogen-bond donors (Lipinski definition) is 2. The van der Waals surface area contributed by atoms with Crippen molar-refractivity contribution in [3.05, 3.63) is 42.5 Å². The molecular weight excluding hydrogens is 330 g/mol. The van der Waals surface area contributed by atoms with Crippen molar-refractivity contribution >= 4 is 50.0 Å². The first kappa shape index (κ1) is 15.6. The summed E-state index contributed by atoms with van der Waals surface area (Å²) in [6, 6.07) is 13.1. The van der Waals surface area contributed by atoms with Crippen molar-refractivity contribution in [1.29, 1.82) is 0 Å². The van der Waals surface area contributed by atoms with Gasteiger partial charge in [0, 0.05) is 10.6 Å². The molecule has 1 aromatic heterocycles. The predicted octanol–water partition coefficient (Wildman–Crippen LogP) is 3.62. The summed E-state index contributed by atoms with van der Waals surface area (Å²) >= 11 is 2.89. The van der Waals surface area contributed by atoms with E-state index in [9.17, 15) is 4.79 Å². The van der Waals surface area contributed by atoms with E-state index in [-0.39, 0.29) is 5.91 Å². The molecule has 3 rings (SSSR count). The Morgan fingerprint density at radius 3 is 2.83 bits per heavy atom. The molecule has 0 radical (unpaired) electrons. The maximum Gasteiger partial charge on any atom is 0.236 e. The second kappa shape index (κ2) is 6.89. The summed E-state index contributed by atoms with van der Waals surface area (Å²) in [5.41, 5.74) is 7.19. The number of rotatable bonds is 5. The molecule has 3 N–H and O–H groups in total. The number of amides is 1. The Morgan fingerprint density at radius 1 is 1.30 bits per heavy atom. The summed E-state index contributed by atoms with van der Waals surface area (Å²) in [5, 5.41) is 3.43. The van der Waals surface area contributed by atoms with E-state index < -0.39 is 0 Å². The molecule has 0 atom stereocenters. The topological polar surface area (TPSA) is 77.2 Å². The third-order valence-corrected chi connectivity index (χ3v) is 5.04. The van der Waals surface area contributed by atoms with Crippen LogP contribution < -0.4 is 15.8 Å². The zero-order chi connectivity index (χ0) is 16.2. The number of benzene rings is 2. The average Bonchev–Trinajstić information content (AvgIpc) is 2.95. The fourth-order valence-corrected chi connectivity index (χ4v) is 3.56. The zero-order valence-electron chi connectivity index (χ0n) is 12.4. The number of nitrogen functional groups attached to an aromatic ring is 1. The first-order valence-electron chi connectivity index (χ1n) is 6.87. The molecule has 118 valence electrons. The third-order valence-electron chi connectivity index (χ3n) is 3.09. The minimum Gasteiger partial charge on any atom is -0.497 e. The van der Waals surface area contributed by atoms with Gasteiger partial charge in [0.15, 0.2) is 5.13 Å². The van der Waals surface area contributed by atoms with E-state index >= 15 is 0 Å². The normalized spacial score (nSPS) is 10.7. The highest BCUT2D eigenvalue weighted by Crippen LogP contribution is 2.29. The Labute approximate surface area is 141 Å². The van der Waals surface area contributed by atoms with Crippen LogP contribution in [0.15, 0.2) is 47.4 Å². The van der Waals surface area contributed by atoms with Crippen molar-refractivity contribution in [3.8, 4) is 5.75 Å². The summed E-state index contributed by atoms with van der Waals surface area (Å²) in [7, 11) is 1.62. The molecule has 1 amide bonds. The molecule has 0 aliphatic rings. The first-order chi connectivity index (χ1) is 11.1. The number of ether oxygens (including phenoxy) is 1. The lowest BCUT2D eigenvalue weighted by molar-refractivity contribution is -0.113. The monoisotopic (exact) mass is 345 g/mol. The number of nitrogens with zero attached hydrogens (tertiary/aromatic N) is 1. The molecule has 0 spiro atoms. The molecule has 0 aliphatic carbocycles. The summed E-state index contributed by atoms with van der Waals surface area (Å²) in [6.07, 6.45) is 0. The van der Waals surface area contributed by atoms with Crippen molar-refractivity contribution in [2.75, 3.05) is 23.9 Å². The van der Waals surface area contributed by atoms with Crippen LogP contribution in [0, 0.1) is 0 Å². The maximum absolute atomic E-state index is 12.0. The van der Waals surface area contributed by atoms with Gasteiger partial charge in [-0.1, -0.05) is 11.3 Å². The van der Waals surface area contributed by atoms with Gasteiger partial charge < -0.3 is 15.8 Å². The van der Waals surface area contributed by atoms with E-state index in [4.69, 9.17) is 10.5 Å². The van der Waals surface area contributed by atoms with Gasteiger partial charge in [-0.25, -0.2) is 4.98 Å². The second-order valence-corrected chi connectivity index (χ2v) is 6.84. The first-order valence-corrected chi connectivity index (χ1v) is 8.67. The average molecular weight is 345 g/mol. The highest BCUT2D eigenvalue weighted by Gasteiger charge is 2.09. The van der Waals surface area contributed by atoms with Crippen LogP contribution in [0.5, 0.6) is 5.75 Å². The molecule has 0 saturated heterocycles. The predicted molar refractivity (Wildman–Crippen MR) is 96.4 cm³/mol. The van der Waals surface area contributed by atoms with Gasteiger partial charge in [0.1, 0.15) is 5.75 Å². The molecule has 0 fully saturated rings. The Hall–Kier alpha value is -2.25. The Kier molecular flexibility index (Phi) is 4.68. The fraction of sp³-hybridized carbons (Fsp3) is 0.125. The van der Waals surface area contributed by atoms with Gasteiger partial charge in [-0.05, 0) is 42.5 Å². The van der Waals surface area contributed by atoms with Crippen LogP contribution in [-0.4, -0.2) is 23.8 Å². The van der Waals surface area contributed by atoms with Gasteiger partial charge in [0.2, 0.25) is 5.91 Å². The van der Waals surface area contributed by atoms with Gasteiger partial charge in [0.05, 0.1) is 23.1 Å². The van der Waals surface area contributed by atoms with Crippen molar-refractivity contribution < 1.29 is 9.53 Å². The highest BCUT2D eigenvalue weighted by molar-refractivity contribution is 8.00. The van der Waals surface area contributed by atoms with Gasteiger partial charge in [0.25, 0.3) is 0 Å². The van der Waals surface area contributed by atoms with Crippen LogP contribution in [-0.2, 0) is 4.79 Å². The van der Waals surface area contributed by atoms with E-state index in [0.717, 1.165) is 20.9 Å². The molecule has 1 heterocycles. The largest absolute Gasteiger partial charge is 0.497 e. The lowest BCUT2D eigenvalue weighted by atomic mass is 10.3. The smallest absolute Gasteiger partial charge is 0.236 e. The van der Waals surface area contributed by atoms with Crippen LogP contribution in [0.2, 0.25) is 0 Å². The lowest BCUT2D eigenvalue weighted by Crippen LogP contribution is -2.13. The SMILES string of the molecule is COc1ccc2nc(NC(=O)CSc3ccc(N)cc3)sc2c1. The number of nitrogens with two attached hydrogens (primary N) is 1. The summed E-state index contributed by atoms with van der Waals surface area (Å²) in [5.74, 6) is 1.01. The van der Waals surface area contributed by atoms with Gasteiger partial charge in [-0.2, -0.15) is 0 Å². The molecule has 2 aromatic carbocycles. The van der Waals surface area contributed by atoms with E-state index in [2.05, 4.69) is 10.3 Å². The van der Waals surface area contributed by atoms with Crippen LogP contribution in [0.1, 0.15) is 0 Å². The van der Waals surface area contributed by atoms with Crippen LogP contribution in [0.4, 0.5) is 10.8 Å². The van der Waals surface area contributed by atoms with Gasteiger partial charge in [-0.15, -0.1) is 11.8 Å². The maximum atomic E-state index is 12.0. The second-order valence-electron chi connectivity index (χ2n) is 4.76. The van der Waals surface area contributed by atoms with E-state index in [1.807, 2.05) is 42.5 Å². The molecule has 7 heteroatoms. The lowest BCUT2D eigenvalue weighted by Gasteiger charge is -2.02. The number of anilines is 2. The van der Waals surface area contributed by atoms with Crippen molar-refractivity contribution in [2.24, 2.45) is 0 Å². The van der Waals surface area contributed by atoms with Crippen molar-refractivity contribution in [1.82, 2.24) is 4.98 Å². The molecule has 0 unspecified atom stereocenters. The molecule has 3 aromatic rings. The Balaban J connectivity index is 1.62. The minimum absolute atomic E-state index is 0.0853. The standard InChI is InChI=1S/C16H15N3O2S2/c1-21-11-4-7-13-14(8-11)23-16(18-13)19-15(20)9-22-12-5-2-10(17)3-6-12/h2-8H,9,17H2,1H3,(H,18,19,20). The number of carbonyl (C=O) groups excluding carboxylic acids is 1. The summed E-state index contributed by atoms with van der Waals surface area (Å²) in [6.45, 7) is 0. The fourth-order valence-electron chi connectivity index (χ4n) is 1.95. The number of fused-ring (bicyclic) bond motifs is 1. The van der Waals surface area contributed by atoms with Crippen molar-refractivity contribution in [3.63, 3.8) is 0 Å². The summed E-state index contributed by atoms with van der Waals surface area (Å²) in [4.78, 5) is 17.4. The Morgan fingerprint density at radius 2 is 2.09 bits per heavy atom. The van der Waals surface area contributed by atoms with Crippen LogP contribution in [0.25, 0.3) is 10.2 Å². The molecular formula is C16H15N3O2S2. The van der Waals surface area contributed by atoms with E-state index in [1.54, 1.807) is 7.11 Å². The quantitative estimate of drug-likeness (QED) is 0.545. The number of nitrogens with one attached hydrogen (secondary N) is 1. The minimum atomic E-state index is -0.0853.